The fourth-order valence-electron chi connectivity index (χ4n) is 2.30. The van der Waals surface area contributed by atoms with Crippen molar-refractivity contribution >= 4 is 23.2 Å². The second-order valence-electron chi connectivity index (χ2n) is 4.88. The first-order chi connectivity index (χ1) is 10.2. The minimum absolute atomic E-state index is 0.0357. The van der Waals surface area contributed by atoms with Crippen LogP contribution in [0.4, 0.5) is 5.69 Å². The van der Waals surface area contributed by atoms with Gasteiger partial charge in [-0.15, -0.1) is 0 Å². The maximum absolute atomic E-state index is 11.3. The summed E-state index contributed by atoms with van der Waals surface area (Å²) in [5.41, 5.74) is 2.54. The molecule has 0 fully saturated rings. The van der Waals surface area contributed by atoms with Crippen molar-refractivity contribution in [2.24, 2.45) is 0 Å². The summed E-state index contributed by atoms with van der Waals surface area (Å²) in [5, 5.41) is 12.7. The highest BCUT2D eigenvalue weighted by atomic mass is 35.5. The zero-order chi connectivity index (χ0) is 14.8. The van der Waals surface area contributed by atoms with Crippen LogP contribution in [0.5, 0.6) is 11.5 Å². The van der Waals surface area contributed by atoms with E-state index in [0.29, 0.717) is 34.9 Å². The van der Waals surface area contributed by atoms with Crippen LogP contribution in [-0.4, -0.2) is 11.0 Å². The van der Waals surface area contributed by atoms with Crippen LogP contribution < -0.4 is 10.1 Å². The van der Waals surface area contributed by atoms with E-state index in [2.05, 4.69) is 5.32 Å². The van der Waals surface area contributed by atoms with Crippen LogP contribution in [0.3, 0.4) is 0 Å². The molecule has 2 aromatic rings. The average Bonchev–Trinajstić information content (AvgIpc) is 2.48. The van der Waals surface area contributed by atoms with Gasteiger partial charge in [0.2, 0.25) is 5.91 Å². The van der Waals surface area contributed by atoms with Gasteiger partial charge in [0.1, 0.15) is 11.5 Å². The van der Waals surface area contributed by atoms with Gasteiger partial charge in [-0.3, -0.25) is 4.79 Å². The quantitative estimate of drug-likeness (QED) is 0.912. The molecule has 0 saturated carbocycles. The van der Waals surface area contributed by atoms with Crippen LogP contribution in [-0.2, 0) is 17.8 Å². The van der Waals surface area contributed by atoms with Crippen molar-refractivity contribution in [2.45, 2.75) is 19.4 Å². The predicted octanol–water partition coefficient (Wildman–Crippen LogP) is 3.51. The molecular weight excluding hydrogens is 290 g/mol. The molecule has 0 saturated heterocycles. The summed E-state index contributed by atoms with van der Waals surface area (Å²) in [6, 6.07) is 10.6. The molecule has 0 radical (unpaired) electrons. The van der Waals surface area contributed by atoms with E-state index in [1.54, 1.807) is 24.3 Å². The highest BCUT2D eigenvalue weighted by molar-refractivity contribution is 6.30. The van der Waals surface area contributed by atoms with Crippen molar-refractivity contribution in [3.05, 3.63) is 52.5 Å². The number of amides is 1. The summed E-state index contributed by atoms with van der Waals surface area (Å²) in [5.74, 6) is 1.22. The molecule has 1 aliphatic heterocycles. The molecule has 2 N–H and O–H groups in total. The van der Waals surface area contributed by atoms with E-state index in [-0.39, 0.29) is 12.5 Å². The Hall–Kier alpha value is -2.04. The minimum Gasteiger partial charge on any atom is -0.457 e. The molecule has 0 aliphatic carbocycles. The van der Waals surface area contributed by atoms with Gasteiger partial charge in [0.15, 0.2) is 0 Å². The number of hydrogen-bond acceptors (Lipinski definition) is 3. The van der Waals surface area contributed by atoms with Crippen molar-refractivity contribution in [1.82, 2.24) is 0 Å². The molecule has 21 heavy (non-hydrogen) atoms. The number of rotatable bonds is 3. The number of aryl methyl sites for hydroxylation is 1. The third kappa shape index (κ3) is 3.01. The summed E-state index contributed by atoms with van der Waals surface area (Å²) in [7, 11) is 0. The first-order valence-electron chi connectivity index (χ1n) is 6.65. The largest absolute Gasteiger partial charge is 0.457 e. The van der Waals surface area contributed by atoms with Crippen molar-refractivity contribution in [3.63, 3.8) is 0 Å². The molecule has 108 valence electrons. The number of benzene rings is 2. The van der Waals surface area contributed by atoms with Gasteiger partial charge >= 0.3 is 0 Å². The Morgan fingerprint density at radius 1 is 1.19 bits per heavy atom. The molecular formula is C16H14ClNO3. The minimum atomic E-state index is -0.118. The SMILES string of the molecule is O=C1CCc2cc(Oc3cc(Cl)ccc3CO)ccc2N1. The Balaban J connectivity index is 1.89. The van der Waals surface area contributed by atoms with E-state index in [1.807, 2.05) is 12.1 Å². The summed E-state index contributed by atoms with van der Waals surface area (Å²) < 4.78 is 5.82. The lowest BCUT2D eigenvalue weighted by molar-refractivity contribution is -0.116. The number of nitrogens with one attached hydrogen (secondary N) is 1. The first kappa shape index (κ1) is 13.9. The monoisotopic (exact) mass is 303 g/mol. The number of aliphatic hydroxyl groups excluding tert-OH is 1. The first-order valence-corrected chi connectivity index (χ1v) is 7.03. The second-order valence-corrected chi connectivity index (χ2v) is 5.32. The number of halogens is 1. The molecule has 5 heteroatoms. The highest BCUT2D eigenvalue weighted by Crippen LogP contribution is 2.32. The smallest absolute Gasteiger partial charge is 0.224 e. The maximum atomic E-state index is 11.3. The van der Waals surface area contributed by atoms with E-state index < -0.39 is 0 Å². The predicted molar refractivity (Wildman–Crippen MR) is 80.8 cm³/mol. The van der Waals surface area contributed by atoms with E-state index >= 15 is 0 Å². The van der Waals surface area contributed by atoms with Gasteiger partial charge in [0.25, 0.3) is 0 Å². The fourth-order valence-corrected chi connectivity index (χ4v) is 2.47. The molecule has 0 aromatic heterocycles. The molecule has 3 rings (SSSR count). The molecule has 0 spiro atoms. The van der Waals surface area contributed by atoms with Crippen LogP contribution in [0.2, 0.25) is 5.02 Å². The Morgan fingerprint density at radius 2 is 2.05 bits per heavy atom. The molecule has 4 nitrogen and oxygen atoms in total. The number of anilines is 1. The summed E-state index contributed by atoms with van der Waals surface area (Å²) in [4.78, 5) is 11.3. The maximum Gasteiger partial charge on any atom is 0.224 e. The van der Waals surface area contributed by atoms with Gasteiger partial charge < -0.3 is 15.2 Å². The number of aliphatic hydroxyl groups is 1. The standard InChI is InChI=1S/C16H14ClNO3/c17-12-3-1-11(9-19)15(8-12)21-13-4-5-14-10(7-13)2-6-16(20)18-14/h1,3-5,7-8,19H,2,6,9H2,(H,18,20). The number of hydrogen-bond donors (Lipinski definition) is 2. The lowest BCUT2D eigenvalue weighted by Gasteiger charge is -2.18. The zero-order valence-electron chi connectivity index (χ0n) is 11.2. The second kappa shape index (κ2) is 5.76. The Bertz CT molecular complexity index is 700. The zero-order valence-corrected chi connectivity index (χ0v) is 12.0. The third-order valence-corrected chi connectivity index (χ3v) is 3.63. The lowest BCUT2D eigenvalue weighted by Crippen LogP contribution is -2.18. The van der Waals surface area contributed by atoms with Crippen molar-refractivity contribution in [3.8, 4) is 11.5 Å². The molecule has 0 bridgehead atoms. The van der Waals surface area contributed by atoms with Gasteiger partial charge in [-0.05, 0) is 42.3 Å². The molecule has 2 aromatic carbocycles. The topological polar surface area (TPSA) is 58.6 Å². The molecule has 1 heterocycles. The summed E-state index contributed by atoms with van der Waals surface area (Å²) in [6.07, 6.45) is 1.18. The lowest BCUT2D eigenvalue weighted by atomic mass is 10.0. The van der Waals surface area contributed by atoms with Gasteiger partial charge in [-0.1, -0.05) is 17.7 Å². The van der Waals surface area contributed by atoms with E-state index in [0.717, 1.165) is 11.3 Å². The van der Waals surface area contributed by atoms with Crippen molar-refractivity contribution in [1.29, 1.82) is 0 Å². The average molecular weight is 304 g/mol. The van der Waals surface area contributed by atoms with Crippen LogP contribution in [0.25, 0.3) is 0 Å². The van der Waals surface area contributed by atoms with Gasteiger partial charge in [0.05, 0.1) is 6.61 Å². The number of carbonyl (C=O) groups excluding carboxylic acids is 1. The summed E-state index contributed by atoms with van der Waals surface area (Å²) >= 11 is 5.96. The molecule has 1 aliphatic rings. The Morgan fingerprint density at radius 3 is 2.86 bits per heavy atom. The number of ether oxygens (including phenoxy) is 1. The van der Waals surface area contributed by atoms with Gasteiger partial charge in [0, 0.05) is 22.7 Å². The Labute approximate surface area is 127 Å². The van der Waals surface area contributed by atoms with E-state index in [9.17, 15) is 9.90 Å². The van der Waals surface area contributed by atoms with E-state index in [4.69, 9.17) is 16.3 Å². The van der Waals surface area contributed by atoms with Crippen LogP contribution >= 0.6 is 11.6 Å². The summed E-state index contributed by atoms with van der Waals surface area (Å²) in [6.45, 7) is -0.118. The number of carbonyl (C=O) groups is 1. The van der Waals surface area contributed by atoms with Gasteiger partial charge in [-0.2, -0.15) is 0 Å². The van der Waals surface area contributed by atoms with Crippen molar-refractivity contribution in [2.75, 3.05) is 5.32 Å². The normalized spacial score (nSPS) is 13.5. The molecule has 0 unspecified atom stereocenters. The fraction of sp³-hybridized carbons (Fsp3) is 0.188. The van der Waals surface area contributed by atoms with Crippen LogP contribution in [0, 0.1) is 0 Å². The molecule has 1 amide bonds. The van der Waals surface area contributed by atoms with Gasteiger partial charge in [-0.25, -0.2) is 0 Å². The van der Waals surface area contributed by atoms with Crippen LogP contribution in [0.15, 0.2) is 36.4 Å². The number of fused-ring (bicyclic) bond motifs is 1. The van der Waals surface area contributed by atoms with Crippen molar-refractivity contribution < 1.29 is 14.6 Å². The molecule has 0 atom stereocenters. The highest BCUT2D eigenvalue weighted by Gasteiger charge is 2.15. The Kier molecular flexibility index (Phi) is 3.82. The van der Waals surface area contributed by atoms with Crippen LogP contribution in [0.1, 0.15) is 17.5 Å². The third-order valence-electron chi connectivity index (χ3n) is 3.40. The van der Waals surface area contributed by atoms with E-state index in [1.165, 1.54) is 0 Å².